The molecule has 0 aliphatic heterocycles. The monoisotopic (exact) mass is 264 g/mol. The fraction of sp³-hybridized carbons (Fsp3) is 0.533. The molecular formula is C15H24N2O2. The van der Waals surface area contributed by atoms with Crippen LogP contribution in [0.2, 0.25) is 0 Å². The summed E-state index contributed by atoms with van der Waals surface area (Å²) in [5.74, 6) is 0.942. The topological polar surface area (TPSA) is 55.6 Å². The van der Waals surface area contributed by atoms with Crippen molar-refractivity contribution >= 4 is 5.91 Å². The van der Waals surface area contributed by atoms with E-state index >= 15 is 0 Å². The van der Waals surface area contributed by atoms with E-state index in [0.29, 0.717) is 19.4 Å². The molecule has 1 aromatic carbocycles. The average Bonchev–Trinajstić information content (AvgIpc) is 2.35. The van der Waals surface area contributed by atoms with Gasteiger partial charge >= 0.3 is 0 Å². The minimum atomic E-state index is -0.0571. The molecule has 106 valence electrons. The molecule has 0 aliphatic carbocycles. The number of nitrogens with zero attached hydrogens (tertiary/aromatic N) is 1. The molecule has 4 nitrogen and oxygen atoms in total. The number of ether oxygens (including phenoxy) is 1. The van der Waals surface area contributed by atoms with E-state index in [9.17, 15) is 4.79 Å². The molecule has 1 rings (SSSR count). The van der Waals surface area contributed by atoms with Crippen molar-refractivity contribution in [1.82, 2.24) is 4.90 Å². The van der Waals surface area contributed by atoms with Crippen LogP contribution in [0.15, 0.2) is 18.2 Å². The first-order valence-corrected chi connectivity index (χ1v) is 6.61. The Bertz CT molecular complexity index is 428. The van der Waals surface area contributed by atoms with Gasteiger partial charge in [-0.15, -0.1) is 0 Å². The predicted octanol–water partition coefficient (Wildman–Crippen LogP) is 2.26. The van der Waals surface area contributed by atoms with Crippen LogP contribution in [0.4, 0.5) is 0 Å². The van der Waals surface area contributed by atoms with E-state index in [4.69, 9.17) is 10.5 Å². The van der Waals surface area contributed by atoms with Gasteiger partial charge in [-0.1, -0.05) is 17.7 Å². The van der Waals surface area contributed by atoms with Crippen LogP contribution in [-0.2, 0) is 4.79 Å². The van der Waals surface area contributed by atoms with Gasteiger partial charge in [0.1, 0.15) is 5.75 Å². The number of carbonyl (C=O) groups excluding carboxylic acids is 1. The number of carbonyl (C=O) groups is 1. The van der Waals surface area contributed by atoms with Crippen molar-refractivity contribution < 1.29 is 9.53 Å². The Morgan fingerprint density at radius 2 is 2.11 bits per heavy atom. The van der Waals surface area contributed by atoms with Gasteiger partial charge in [0.15, 0.2) is 0 Å². The maximum Gasteiger partial charge on any atom is 0.222 e. The third-order valence-electron chi connectivity index (χ3n) is 2.95. The summed E-state index contributed by atoms with van der Waals surface area (Å²) in [6.07, 6.45) is 1.22. The van der Waals surface area contributed by atoms with Crippen molar-refractivity contribution in [2.45, 2.75) is 32.7 Å². The van der Waals surface area contributed by atoms with Gasteiger partial charge in [0.25, 0.3) is 0 Å². The van der Waals surface area contributed by atoms with Crippen LogP contribution < -0.4 is 10.5 Å². The van der Waals surface area contributed by atoms with Gasteiger partial charge in [0.05, 0.1) is 6.61 Å². The molecular weight excluding hydrogens is 240 g/mol. The standard InChI is InChI=1S/C15H24N2O2/c1-11-7-8-14(13(10-11)12(2)16)19-9-5-6-15(18)17(3)4/h7-8,10,12H,5-6,9,16H2,1-4H3. The summed E-state index contributed by atoms with van der Waals surface area (Å²) in [5, 5.41) is 0. The molecule has 0 saturated carbocycles. The van der Waals surface area contributed by atoms with Crippen LogP contribution in [-0.4, -0.2) is 31.5 Å². The lowest BCUT2D eigenvalue weighted by atomic mass is 10.1. The largest absolute Gasteiger partial charge is 0.493 e. The molecule has 0 heterocycles. The highest BCUT2D eigenvalue weighted by molar-refractivity contribution is 5.75. The first-order chi connectivity index (χ1) is 8.91. The van der Waals surface area contributed by atoms with E-state index in [1.54, 1.807) is 19.0 Å². The minimum absolute atomic E-state index is 0.0571. The Hall–Kier alpha value is -1.55. The quantitative estimate of drug-likeness (QED) is 0.802. The van der Waals surface area contributed by atoms with Crippen molar-refractivity contribution in [1.29, 1.82) is 0 Å². The van der Waals surface area contributed by atoms with Crippen LogP contribution in [0, 0.1) is 6.92 Å². The molecule has 19 heavy (non-hydrogen) atoms. The smallest absolute Gasteiger partial charge is 0.222 e. The van der Waals surface area contributed by atoms with E-state index in [-0.39, 0.29) is 11.9 Å². The van der Waals surface area contributed by atoms with E-state index in [0.717, 1.165) is 11.3 Å². The zero-order valence-corrected chi connectivity index (χ0v) is 12.3. The molecule has 1 aromatic rings. The predicted molar refractivity (Wildman–Crippen MR) is 77.2 cm³/mol. The van der Waals surface area contributed by atoms with Crippen LogP contribution >= 0.6 is 0 Å². The zero-order chi connectivity index (χ0) is 14.4. The third-order valence-corrected chi connectivity index (χ3v) is 2.95. The van der Waals surface area contributed by atoms with E-state index in [1.807, 2.05) is 32.0 Å². The lowest BCUT2D eigenvalue weighted by Crippen LogP contribution is -2.21. The summed E-state index contributed by atoms with van der Waals surface area (Å²) >= 11 is 0. The third kappa shape index (κ3) is 4.91. The van der Waals surface area contributed by atoms with Crippen LogP contribution in [0.3, 0.4) is 0 Å². The second-order valence-electron chi connectivity index (χ2n) is 5.07. The summed E-state index contributed by atoms with van der Waals surface area (Å²) < 4.78 is 5.73. The first-order valence-electron chi connectivity index (χ1n) is 6.61. The highest BCUT2D eigenvalue weighted by Crippen LogP contribution is 2.25. The normalized spacial score (nSPS) is 12.1. The van der Waals surface area contributed by atoms with Crippen LogP contribution in [0.1, 0.15) is 36.9 Å². The summed E-state index contributed by atoms with van der Waals surface area (Å²) in [4.78, 5) is 13.0. The van der Waals surface area contributed by atoms with E-state index < -0.39 is 0 Å². The number of aryl methyl sites for hydroxylation is 1. The fourth-order valence-electron chi connectivity index (χ4n) is 1.78. The highest BCUT2D eigenvalue weighted by Gasteiger charge is 2.09. The average molecular weight is 264 g/mol. The Morgan fingerprint density at radius 3 is 2.68 bits per heavy atom. The number of rotatable bonds is 6. The summed E-state index contributed by atoms with van der Waals surface area (Å²) in [7, 11) is 3.52. The van der Waals surface area contributed by atoms with Crippen molar-refractivity contribution in [2.75, 3.05) is 20.7 Å². The molecule has 0 radical (unpaired) electrons. The van der Waals surface area contributed by atoms with Gasteiger partial charge < -0.3 is 15.4 Å². The summed E-state index contributed by atoms with van der Waals surface area (Å²) in [6, 6.07) is 5.94. The van der Waals surface area contributed by atoms with Crippen molar-refractivity contribution in [3.05, 3.63) is 29.3 Å². The molecule has 0 aromatic heterocycles. The second-order valence-corrected chi connectivity index (χ2v) is 5.07. The molecule has 0 fully saturated rings. The van der Waals surface area contributed by atoms with E-state index in [1.165, 1.54) is 5.56 Å². The van der Waals surface area contributed by atoms with Crippen molar-refractivity contribution in [2.24, 2.45) is 5.73 Å². The van der Waals surface area contributed by atoms with E-state index in [2.05, 4.69) is 0 Å². The van der Waals surface area contributed by atoms with Crippen molar-refractivity contribution in [3.63, 3.8) is 0 Å². The molecule has 0 saturated heterocycles. The lowest BCUT2D eigenvalue weighted by Gasteiger charge is -2.15. The molecule has 0 spiro atoms. The fourth-order valence-corrected chi connectivity index (χ4v) is 1.78. The molecule has 1 unspecified atom stereocenters. The van der Waals surface area contributed by atoms with Crippen LogP contribution in [0.5, 0.6) is 5.75 Å². The molecule has 0 aliphatic rings. The SMILES string of the molecule is Cc1ccc(OCCCC(=O)N(C)C)c(C(C)N)c1. The number of amides is 1. The van der Waals surface area contributed by atoms with Gasteiger partial charge in [-0.25, -0.2) is 0 Å². The Morgan fingerprint density at radius 1 is 1.42 bits per heavy atom. The molecule has 1 atom stereocenters. The van der Waals surface area contributed by atoms with Crippen LogP contribution in [0.25, 0.3) is 0 Å². The number of hydrogen-bond donors (Lipinski definition) is 1. The van der Waals surface area contributed by atoms with Gasteiger partial charge in [-0.3, -0.25) is 4.79 Å². The Kier molecular flexibility index (Phi) is 5.83. The van der Waals surface area contributed by atoms with Crippen molar-refractivity contribution in [3.8, 4) is 5.75 Å². The zero-order valence-electron chi connectivity index (χ0n) is 12.3. The number of nitrogens with two attached hydrogens (primary N) is 1. The van der Waals surface area contributed by atoms with Gasteiger partial charge in [0.2, 0.25) is 5.91 Å². The second kappa shape index (κ2) is 7.14. The Labute approximate surface area is 115 Å². The lowest BCUT2D eigenvalue weighted by molar-refractivity contribution is -0.128. The molecule has 0 bridgehead atoms. The maximum absolute atomic E-state index is 11.4. The molecule has 2 N–H and O–H groups in total. The van der Waals surface area contributed by atoms with Gasteiger partial charge in [-0.05, 0) is 26.3 Å². The van der Waals surface area contributed by atoms with Gasteiger partial charge in [0, 0.05) is 32.1 Å². The summed E-state index contributed by atoms with van der Waals surface area (Å²) in [5.41, 5.74) is 8.12. The van der Waals surface area contributed by atoms with Gasteiger partial charge in [-0.2, -0.15) is 0 Å². The molecule has 1 amide bonds. The number of hydrogen-bond acceptors (Lipinski definition) is 3. The minimum Gasteiger partial charge on any atom is -0.493 e. The number of benzene rings is 1. The highest BCUT2D eigenvalue weighted by atomic mass is 16.5. The maximum atomic E-state index is 11.4. The Balaban J connectivity index is 2.52. The first kappa shape index (κ1) is 15.5. The molecule has 4 heteroatoms. The summed E-state index contributed by atoms with van der Waals surface area (Å²) in [6.45, 7) is 4.50.